The van der Waals surface area contributed by atoms with Crippen molar-refractivity contribution in [1.82, 2.24) is 4.57 Å². The maximum atomic E-state index is 13.4. The molecule has 0 saturated carbocycles. The molecule has 8 heteroatoms. The maximum absolute atomic E-state index is 13.4. The van der Waals surface area contributed by atoms with Crippen LogP contribution in [0.4, 0.5) is 10.1 Å². The SMILES string of the molecule is Cc1ccc(C)c(CS(=O)(=O)c2cn(CC(=O)Nc3ccc(F)c(Cl)c3)c3ccccc23)c1. The van der Waals surface area contributed by atoms with E-state index in [9.17, 15) is 17.6 Å². The minimum atomic E-state index is -3.68. The van der Waals surface area contributed by atoms with Crippen LogP contribution in [0.2, 0.25) is 5.02 Å². The molecule has 3 aromatic carbocycles. The van der Waals surface area contributed by atoms with Gasteiger partial charge in [-0.15, -0.1) is 0 Å². The summed E-state index contributed by atoms with van der Waals surface area (Å²) in [5.41, 5.74) is 3.63. The number of nitrogens with zero attached hydrogens (tertiary/aromatic N) is 1. The number of rotatable bonds is 6. The predicted molar refractivity (Wildman–Crippen MR) is 129 cm³/mol. The van der Waals surface area contributed by atoms with E-state index in [2.05, 4.69) is 5.32 Å². The molecule has 1 heterocycles. The molecule has 0 aliphatic rings. The average Bonchev–Trinajstić information content (AvgIpc) is 3.13. The van der Waals surface area contributed by atoms with E-state index in [0.717, 1.165) is 16.7 Å². The summed E-state index contributed by atoms with van der Waals surface area (Å²) >= 11 is 5.78. The summed E-state index contributed by atoms with van der Waals surface area (Å²) in [5.74, 6) is -1.10. The van der Waals surface area contributed by atoms with Crippen molar-refractivity contribution in [3.63, 3.8) is 0 Å². The highest BCUT2D eigenvalue weighted by molar-refractivity contribution is 7.90. The molecule has 1 N–H and O–H groups in total. The number of para-hydroxylation sites is 1. The maximum Gasteiger partial charge on any atom is 0.244 e. The Balaban J connectivity index is 1.65. The van der Waals surface area contributed by atoms with Gasteiger partial charge >= 0.3 is 0 Å². The molecule has 1 amide bonds. The highest BCUT2D eigenvalue weighted by Crippen LogP contribution is 2.29. The fourth-order valence-electron chi connectivity index (χ4n) is 3.76. The van der Waals surface area contributed by atoms with Gasteiger partial charge in [0.2, 0.25) is 5.91 Å². The third-order valence-electron chi connectivity index (χ3n) is 5.45. The first-order valence-electron chi connectivity index (χ1n) is 10.3. The van der Waals surface area contributed by atoms with Gasteiger partial charge < -0.3 is 9.88 Å². The Morgan fingerprint density at radius 1 is 1.06 bits per heavy atom. The topological polar surface area (TPSA) is 68.2 Å². The molecule has 1 aromatic heterocycles. The van der Waals surface area contributed by atoms with Crippen LogP contribution in [-0.2, 0) is 26.9 Å². The van der Waals surface area contributed by atoms with Crippen LogP contribution in [0.3, 0.4) is 0 Å². The molecule has 0 aliphatic heterocycles. The van der Waals surface area contributed by atoms with E-state index < -0.39 is 21.6 Å². The molecule has 170 valence electrons. The van der Waals surface area contributed by atoms with Crippen LogP contribution in [0, 0.1) is 19.7 Å². The number of halogens is 2. The first kappa shape index (κ1) is 23.0. The molecule has 0 saturated heterocycles. The number of fused-ring (bicyclic) bond motifs is 1. The molecule has 5 nitrogen and oxygen atoms in total. The molecular weight excluding hydrogens is 463 g/mol. The summed E-state index contributed by atoms with van der Waals surface area (Å²) in [6, 6.07) is 16.7. The molecule has 0 fully saturated rings. The largest absolute Gasteiger partial charge is 0.337 e. The standard InChI is InChI=1S/C25H22ClFN2O3S/c1-16-7-8-17(2)18(11-16)15-33(31,32)24-13-29(23-6-4-3-5-20(23)24)14-25(30)28-19-9-10-22(27)21(26)12-19/h3-13H,14-15H2,1-2H3,(H,28,30). The fourth-order valence-corrected chi connectivity index (χ4v) is 5.61. The Bertz CT molecular complexity index is 1480. The third kappa shape index (κ3) is 4.94. The second-order valence-electron chi connectivity index (χ2n) is 8.00. The summed E-state index contributed by atoms with van der Waals surface area (Å²) in [4.78, 5) is 12.8. The molecule has 0 atom stereocenters. The number of anilines is 1. The van der Waals surface area contributed by atoms with Gasteiger partial charge in [-0.3, -0.25) is 4.79 Å². The van der Waals surface area contributed by atoms with Gasteiger partial charge in [0, 0.05) is 22.8 Å². The molecule has 4 rings (SSSR count). The van der Waals surface area contributed by atoms with E-state index in [-0.39, 0.29) is 22.2 Å². The van der Waals surface area contributed by atoms with Crippen LogP contribution in [0.25, 0.3) is 10.9 Å². The third-order valence-corrected chi connectivity index (χ3v) is 7.43. The smallest absolute Gasteiger partial charge is 0.244 e. The van der Waals surface area contributed by atoms with Gasteiger partial charge in [0.25, 0.3) is 0 Å². The lowest BCUT2D eigenvalue weighted by Crippen LogP contribution is -2.18. The van der Waals surface area contributed by atoms with E-state index in [4.69, 9.17) is 11.6 Å². The summed E-state index contributed by atoms with van der Waals surface area (Å²) in [5, 5.41) is 3.12. The Hall–Kier alpha value is -3.16. The molecule has 0 spiro atoms. The second kappa shape index (κ2) is 9.00. The van der Waals surface area contributed by atoms with Gasteiger partial charge in [-0.1, -0.05) is 53.6 Å². The summed E-state index contributed by atoms with van der Waals surface area (Å²) in [7, 11) is -3.68. The number of amides is 1. The predicted octanol–water partition coefficient (Wildman–Crippen LogP) is 5.66. The minimum Gasteiger partial charge on any atom is -0.337 e. The number of hydrogen-bond acceptors (Lipinski definition) is 3. The van der Waals surface area contributed by atoms with Gasteiger partial charge in [-0.2, -0.15) is 0 Å². The van der Waals surface area contributed by atoms with Crippen molar-refractivity contribution < 1.29 is 17.6 Å². The number of aromatic nitrogens is 1. The van der Waals surface area contributed by atoms with Crippen LogP contribution < -0.4 is 5.32 Å². The van der Waals surface area contributed by atoms with E-state index in [0.29, 0.717) is 16.6 Å². The molecule has 0 aliphatic carbocycles. The Morgan fingerprint density at radius 3 is 2.58 bits per heavy atom. The van der Waals surface area contributed by atoms with E-state index in [1.807, 2.05) is 32.0 Å². The molecule has 0 radical (unpaired) electrons. The van der Waals surface area contributed by atoms with Crippen LogP contribution in [0.5, 0.6) is 0 Å². The monoisotopic (exact) mass is 484 g/mol. The van der Waals surface area contributed by atoms with Crippen molar-refractivity contribution in [2.45, 2.75) is 31.0 Å². The van der Waals surface area contributed by atoms with Crippen molar-refractivity contribution in [3.05, 3.63) is 94.4 Å². The Morgan fingerprint density at radius 2 is 1.82 bits per heavy atom. The molecule has 4 aromatic rings. The van der Waals surface area contributed by atoms with Crippen molar-refractivity contribution in [2.75, 3.05) is 5.32 Å². The molecule has 0 bridgehead atoms. The van der Waals surface area contributed by atoms with Gasteiger partial charge in [0.1, 0.15) is 12.4 Å². The summed E-state index contributed by atoms with van der Waals surface area (Å²) < 4.78 is 41.7. The van der Waals surface area contributed by atoms with Gasteiger partial charge in [0.15, 0.2) is 9.84 Å². The Labute approximate surface area is 196 Å². The fraction of sp³-hybridized carbons (Fsp3) is 0.160. The van der Waals surface area contributed by atoms with Crippen molar-refractivity contribution in [1.29, 1.82) is 0 Å². The van der Waals surface area contributed by atoms with E-state index in [1.54, 1.807) is 28.8 Å². The van der Waals surface area contributed by atoms with Crippen molar-refractivity contribution in [3.8, 4) is 0 Å². The lowest BCUT2D eigenvalue weighted by Gasteiger charge is -2.08. The average molecular weight is 485 g/mol. The number of nitrogens with one attached hydrogen (secondary N) is 1. The van der Waals surface area contributed by atoms with E-state index in [1.165, 1.54) is 24.4 Å². The number of hydrogen-bond donors (Lipinski definition) is 1. The first-order valence-corrected chi connectivity index (χ1v) is 12.3. The zero-order valence-electron chi connectivity index (χ0n) is 18.1. The van der Waals surface area contributed by atoms with Crippen LogP contribution >= 0.6 is 11.6 Å². The molecule has 0 unspecified atom stereocenters. The van der Waals surface area contributed by atoms with E-state index >= 15 is 0 Å². The summed E-state index contributed by atoms with van der Waals surface area (Å²) in [6.07, 6.45) is 1.50. The lowest BCUT2D eigenvalue weighted by molar-refractivity contribution is -0.116. The van der Waals surface area contributed by atoms with Gasteiger partial charge in [0.05, 0.1) is 15.7 Å². The van der Waals surface area contributed by atoms with Crippen LogP contribution in [0.1, 0.15) is 16.7 Å². The normalized spacial score (nSPS) is 11.6. The summed E-state index contributed by atoms with van der Waals surface area (Å²) in [6.45, 7) is 3.70. The minimum absolute atomic E-state index is 0.0981. The highest BCUT2D eigenvalue weighted by atomic mass is 35.5. The number of sulfone groups is 1. The zero-order valence-corrected chi connectivity index (χ0v) is 19.7. The second-order valence-corrected chi connectivity index (χ2v) is 10.4. The van der Waals surface area contributed by atoms with Crippen LogP contribution in [-0.4, -0.2) is 18.9 Å². The van der Waals surface area contributed by atoms with Crippen LogP contribution in [0.15, 0.2) is 71.8 Å². The number of carbonyl (C=O) groups is 1. The lowest BCUT2D eigenvalue weighted by atomic mass is 10.1. The zero-order chi connectivity index (χ0) is 23.8. The number of aryl methyl sites for hydroxylation is 2. The number of carbonyl (C=O) groups excluding carboxylic acids is 1. The molecular formula is C25H22ClFN2O3S. The first-order chi connectivity index (χ1) is 15.6. The highest BCUT2D eigenvalue weighted by Gasteiger charge is 2.23. The van der Waals surface area contributed by atoms with Crippen molar-refractivity contribution >= 4 is 43.9 Å². The van der Waals surface area contributed by atoms with Crippen molar-refractivity contribution in [2.24, 2.45) is 0 Å². The van der Waals surface area contributed by atoms with Gasteiger partial charge in [-0.05, 0) is 49.2 Å². The number of benzene rings is 3. The quantitative estimate of drug-likeness (QED) is 0.383. The molecule has 33 heavy (non-hydrogen) atoms. The Kier molecular flexibility index (Phi) is 6.28. The van der Waals surface area contributed by atoms with Gasteiger partial charge in [-0.25, -0.2) is 12.8 Å².